The summed E-state index contributed by atoms with van der Waals surface area (Å²) in [6.07, 6.45) is -0.305. The van der Waals surface area contributed by atoms with Gasteiger partial charge in [-0.25, -0.2) is 4.98 Å². The number of carbonyl (C=O) groups is 1. The SMILES string of the molecule is CC1COC(CO)CN1C(=O)c1csc(-c2cccs2)n1. The van der Waals surface area contributed by atoms with Crippen molar-refractivity contribution in [1.82, 2.24) is 9.88 Å². The molecular formula is C14H16N2O3S2. The highest BCUT2D eigenvalue weighted by molar-refractivity contribution is 7.20. The zero-order chi connectivity index (χ0) is 14.8. The van der Waals surface area contributed by atoms with E-state index >= 15 is 0 Å². The van der Waals surface area contributed by atoms with Crippen LogP contribution in [-0.4, -0.2) is 52.8 Å². The van der Waals surface area contributed by atoms with Gasteiger partial charge in [0, 0.05) is 11.9 Å². The van der Waals surface area contributed by atoms with E-state index in [4.69, 9.17) is 4.74 Å². The number of ether oxygens (including phenoxy) is 1. The van der Waals surface area contributed by atoms with Crippen LogP contribution in [0.25, 0.3) is 9.88 Å². The molecule has 1 fully saturated rings. The van der Waals surface area contributed by atoms with Crippen molar-refractivity contribution in [2.45, 2.75) is 19.1 Å². The minimum absolute atomic E-state index is 0.00723. The number of morpholine rings is 1. The first kappa shape index (κ1) is 14.6. The molecule has 0 aromatic carbocycles. The molecule has 0 aliphatic carbocycles. The molecule has 7 heteroatoms. The highest BCUT2D eigenvalue weighted by Crippen LogP contribution is 2.28. The van der Waals surface area contributed by atoms with Crippen molar-refractivity contribution in [3.05, 3.63) is 28.6 Å². The number of hydrogen-bond acceptors (Lipinski definition) is 6. The van der Waals surface area contributed by atoms with Gasteiger partial charge in [-0.3, -0.25) is 4.79 Å². The molecule has 2 aromatic rings. The minimum atomic E-state index is -0.305. The highest BCUT2D eigenvalue weighted by Gasteiger charge is 2.31. The molecule has 112 valence electrons. The Morgan fingerprint density at radius 3 is 3.14 bits per heavy atom. The van der Waals surface area contributed by atoms with Crippen LogP contribution < -0.4 is 0 Å². The molecule has 21 heavy (non-hydrogen) atoms. The van der Waals surface area contributed by atoms with Crippen LogP contribution in [0.2, 0.25) is 0 Å². The van der Waals surface area contributed by atoms with Crippen LogP contribution in [0, 0.1) is 0 Å². The third-order valence-corrected chi connectivity index (χ3v) is 5.31. The fourth-order valence-corrected chi connectivity index (χ4v) is 3.85. The van der Waals surface area contributed by atoms with Crippen LogP contribution >= 0.6 is 22.7 Å². The first-order valence-electron chi connectivity index (χ1n) is 6.72. The van der Waals surface area contributed by atoms with Gasteiger partial charge in [-0.2, -0.15) is 0 Å². The van der Waals surface area contributed by atoms with Crippen molar-refractivity contribution in [3.63, 3.8) is 0 Å². The van der Waals surface area contributed by atoms with Gasteiger partial charge in [0.1, 0.15) is 10.7 Å². The van der Waals surface area contributed by atoms with Crippen molar-refractivity contribution in [1.29, 1.82) is 0 Å². The van der Waals surface area contributed by atoms with Crippen molar-refractivity contribution < 1.29 is 14.6 Å². The molecule has 1 saturated heterocycles. The average Bonchev–Trinajstić information content (AvgIpc) is 3.18. The van der Waals surface area contributed by atoms with E-state index in [2.05, 4.69) is 4.98 Å². The molecule has 3 rings (SSSR count). The van der Waals surface area contributed by atoms with Gasteiger partial charge >= 0.3 is 0 Å². The molecule has 3 heterocycles. The second kappa shape index (κ2) is 6.23. The second-order valence-electron chi connectivity index (χ2n) is 4.96. The largest absolute Gasteiger partial charge is 0.394 e. The number of thiazole rings is 1. The Morgan fingerprint density at radius 2 is 2.43 bits per heavy atom. The number of aliphatic hydroxyl groups excluding tert-OH is 1. The van der Waals surface area contributed by atoms with Crippen LogP contribution in [0.4, 0.5) is 0 Å². The summed E-state index contributed by atoms with van der Waals surface area (Å²) in [5.74, 6) is -0.0942. The zero-order valence-electron chi connectivity index (χ0n) is 11.6. The zero-order valence-corrected chi connectivity index (χ0v) is 13.2. The highest BCUT2D eigenvalue weighted by atomic mass is 32.1. The number of aromatic nitrogens is 1. The standard InChI is InChI=1S/C14H16N2O3S2/c1-9-7-19-10(6-17)5-16(9)14(18)11-8-21-13(15-11)12-3-2-4-20-12/h2-4,8-10,17H,5-7H2,1H3. The number of carbonyl (C=O) groups excluding carboxylic acids is 1. The second-order valence-corrected chi connectivity index (χ2v) is 6.77. The number of hydrogen-bond donors (Lipinski definition) is 1. The first-order valence-corrected chi connectivity index (χ1v) is 8.48. The van der Waals surface area contributed by atoms with E-state index in [0.29, 0.717) is 18.8 Å². The van der Waals surface area contributed by atoms with Gasteiger partial charge in [-0.15, -0.1) is 22.7 Å². The number of aliphatic hydroxyl groups is 1. The molecule has 1 amide bonds. The third-order valence-electron chi connectivity index (χ3n) is 3.43. The van der Waals surface area contributed by atoms with Gasteiger partial charge in [-0.1, -0.05) is 6.07 Å². The van der Waals surface area contributed by atoms with Gasteiger partial charge in [0.2, 0.25) is 0 Å². The molecule has 0 spiro atoms. The Balaban J connectivity index is 1.78. The van der Waals surface area contributed by atoms with E-state index < -0.39 is 0 Å². The summed E-state index contributed by atoms with van der Waals surface area (Å²) in [5.41, 5.74) is 0.467. The third kappa shape index (κ3) is 3.01. The van der Waals surface area contributed by atoms with Crippen LogP contribution in [0.5, 0.6) is 0 Å². The smallest absolute Gasteiger partial charge is 0.273 e. The van der Waals surface area contributed by atoms with E-state index in [1.54, 1.807) is 21.6 Å². The van der Waals surface area contributed by atoms with E-state index in [1.165, 1.54) is 11.3 Å². The van der Waals surface area contributed by atoms with Gasteiger partial charge < -0.3 is 14.7 Å². The van der Waals surface area contributed by atoms with Crippen LogP contribution in [0.15, 0.2) is 22.9 Å². The predicted octanol–water partition coefficient (Wildman–Crippen LogP) is 2.09. The summed E-state index contributed by atoms with van der Waals surface area (Å²) in [6, 6.07) is 3.96. The van der Waals surface area contributed by atoms with E-state index in [1.807, 2.05) is 24.4 Å². The summed E-state index contributed by atoms with van der Waals surface area (Å²) in [7, 11) is 0. The number of amides is 1. The number of nitrogens with zero attached hydrogens (tertiary/aromatic N) is 2. The summed E-state index contributed by atoms with van der Waals surface area (Å²) >= 11 is 3.09. The Labute approximate surface area is 130 Å². The first-order chi connectivity index (χ1) is 10.2. The maximum absolute atomic E-state index is 12.6. The Kier molecular flexibility index (Phi) is 4.34. The van der Waals surface area contributed by atoms with Crippen molar-refractivity contribution in [2.75, 3.05) is 19.8 Å². The molecule has 5 nitrogen and oxygen atoms in total. The minimum Gasteiger partial charge on any atom is -0.394 e. The maximum atomic E-state index is 12.6. The predicted molar refractivity (Wildman–Crippen MR) is 82.8 cm³/mol. The fourth-order valence-electron chi connectivity index (χ4n) is 2.24. The summed E-state index contributed by atoms with van der Waals surface area (Å²) in [6.45, 7) is 2.72. The normalized spacial score (nSPS) is 22.5. The van der Waals surface area contributed by atoms with Crippen molar-refractivity contribution in [2.24, 2.45) is 0 Å². The maximum Gasteiger partial charge on any atom is 0.273 e. The average molecular weight is 324 g/mol. The topological polar surface area (TPSA) is 62.7 Å². The Morgan fingerprint density at radius 1 is 1.57 bits per heavy atom. The fraction of sp³-hybridized carbons (Fsp3) is 0.429. The number of rotatable bonds is 3. The molecule has 0 bridgehead atoms. The molecule has 2 atom stereocenters. The summed E-state index contributed by atoms with van der Waals surface area (Å²) in [5, 5.41) is 13.9. The molecule has 2 unspecified atom stereocenters. The van der Waals surface area contributed by atoms with Gasteiger partial charge in [0.05, 0.1) is 30.2 Å². The van der Waals surface area contributed by atoms with Crippen LogP contribution in [-0.2, 0) is 4.74 Å². The lowest BCUT2D eigenvalue weighted by atomic mass is 10.2. The van der Waals surface area contributed by atoms with Crippen molar-refractivity contribution >= 4 is 28.6 Å². The van der Waals surface area contributed by atoms with Gasteiger partial charge in [0.15, 0.2) is 0 Å². The van der Waals surface area contributed by atoms with Gasteiger partial charge in [-0.05, 0) is 18.4 Å². The lowest BCUT2D eigenvalue weighted by Gasteiger charge is -2.37. The molecule has 1 aliphatic heterocycles. The lowest BCUT2D eigenvalue weighted by Crippen LogP contribution is -2.52. The molecule has 1 aliphatic rings. The van der Waals surface area contributed by atoms with Crippen molar-refractivity contribution in [3.8, 4) is 9.88 Å². The van der Waals surface area contributed by atoms with Crippen LogP contribution in [0.1, 0.15) is 17.4 Å². The van der Waals surface area contributed by atoms with E-state index in [9.17, 15) is 9.90 Å². The number of thiophene rings is 1. The molecule has 2 aromatic heterocycles. The molecule has 0 saturated carbocycles. The molecule has 0 radical (unpaired) electrons. The van der Waals surface area contributed by atoms with E-state index in [0.717, 1.165) is 9.88 Å². The summed E-state index contributed by atoms with van der Waals surface area (Å²) < 4.78 is 5.46. The monoisotopic (exact) mass is 324 g/mol. The van der Waals surface area contributed by atoms with Gasteiger partial charge in [0.25, 0.3) is 5.91 Å². The summed E-state index contributed by atoms with van der Waals surface area (Å²) in [4.78, 5) is 19.8. The van der Waals surface area contributed by atoms with E-state index in [-0.39, 0.29) is 24.7 Å². The van der Waals surface area contributed by atoms with Crippen LogP contribution in [0.3, 0.4) is 0 Å². The Hall–Kier alpha value is -1.28. The lowest BCUT2D eigenvalue weighted by molar-refractivity contribution is -0.0668. The Bertz CT molecular complexity index is 612. The molecule has 1 N–H and O–H groups in total. The molecular weight excluding hydrogens is 308 g/mol. The quantitative estimate of drug-likeness (QED) is 0.939.